The Balaban J connectivity index is 2.11. The van der Waals surface area contributed by atoms with E-state index in [4.69, 9.17) is 27.9 Å². The number of carbonyl (C=O) groups is 1. The van der Waals surface area contributed by atoms with E-state index >= 15 is 0 Å². The number of hydrogen-bond acceptors (Lipinski definition) is 5. The molecule has 1 amide bonds. The summed E-state index contributed by atoms with van der Waals surface area (Å²) in [5.74, 6) is 0.710. The molecule has 0 fully saturated rings. The number of methoxy groups -OCH3 is 1. The number of carbonyl (C=O) groups excluding carboxylic acids is 1. The molecule has 0 aliphatic heterocycles. The fourth-order valence-corrected chi connectivity index (χ4v) is 2.56. The second kappa shape index (κ2) is 8.82. The topological polar surface area (TPSA) is 76.1 Å². The number of halogens is 2. The number of benzene rings is 1. The second-order valence-corrected chi connectivity index (χ2v) is 5.94. The molecule has 1 heterocycles. The predicted octanol–water partition coefficient (Wildman–Crippen LogP) is 3.60. The maximum absolute atomic E-state index is 12.2. The van der Waals surface area contributed by atoms with Crippen molar-refractivity contribution in [2.24, 2.45) is 0 Å². The van der Waals surface area contributed by atoms with Gasteiger partial charge in [0.2, 0.25) is 0 Å². The second-order valence-electron chi connectivity index (χ2n) is 5.07. The van der Waals surface area contributed by atoms with E-state index in [1.165, 1.54) is 0 Å². The van der Waals surface area contributed by atoms with Crippen LogP contribution in [0.15, 0.2) is 24.3 Å². The van der Waals surface area contributed by atoms with E-state index in [2.05, 4.69) is 20.6 Å². The van der Waals surface area contributed by atoms with Gasteiger partial charge < -0.3 is 15.4 Å². The van der Waals surface area contributed by atoms with Crippen LogP contribution in [0.25, 0.3) is 0 Å². The molecule has 2 rings (SSSR count). The van der Waals surface area contributed by atoms with Crippen molar-refractivity contribution in [3.05, 3.63) is 45.8 Å². The third kappa shape index (κ3) is 5.63. The van der Waals surface area contributed by atoms with Gasteiger partial charge in [-0.3, -0.25) is 4.79 Å². The van der Waals surface area contributed by atoms with Gasteiger partial charge >= 0.3 is 0 Å². The molecule has 6 nitrogen and oxygen atoms in total. The molecule has 1 aromatic carbocycles. The van der Waals surface area contributed by atoms with Gasteiger partial charge in [0, 0.05) is 42.1 Å². The molecule has 8 heteroatoms. The van der Waals surface area contributed by atoms with Gasteiger partial charge in [0.15, 0.2) is 0 Å². The van der Waals surface area contributed by atoms with Crippen molar-refractivity contribution in [2.75, 3.05) is 25.6 Å². The van der Waals surface area contributed by atoms with Crippen molar-refractivity contribution >= 4 is 40.6 Å². The maximum Gasteiger partial charge on any atom is 0.270 e. The van der Waals surface area contributed by atoms with Crippen LogP contribution in [0.1, 0.15) is 22.7 Å². The standard InChI is InChI=1S/C16H18Cl2N4O2/c1-10-20-14(16(23)19-4-3-5-24-2)9-15(21-10)22-13-7-11(17)6-12(18)8-13/h6-9H,3-5H2,1-2H3,(H,19,23)(H,20,21,22). The molecule has 0 aliphatic carbocycles. The Hall–Kier alpha value is -1.89. The molecule has 0 saturated heterocycles. The van der Waals surface area contributed by atoms with Crippen molar-refractivity contribution in [3.63, 3.8) is 0 Å². The zero-order valence-corrected chi connectivity index (χ0v) is 14.9. The van der Waals surface area contributed by atoms with Crippen LogP contribution in [0.3, 0.4) is 0 Å². The largest absolute Gasteiger partial charge is 0.385 e. The van der Waals surface area contributed by atoms with Gasteiger partial charge in [-0.1, -0.05) is 23.2 Å². The first kappa shape index (κ1) is 18.4. The van der Waals surface area contributed by atoms with Gasteiger partial charge in [0.25, 0.3) is 5.91 Å². The summed E-state index contributed by atoms with van der Waals surface area (Å²) in [6.45, 7) is 2.83. The van der Waals surface area contributed by atoms with Crippen LogP contribution in [0.4, 0.5) is 11.5 Å². The van der Waals surface area contributed by atoms with Gasteiger partial charge in [0.1, 0.15) is 17.3 Å². The molecular formula is C16H18Cl2N4O2. The fourth-order valence-electron chi connectivity index (χ4n) is 2.03. The zero-order chi connectivity index (χ0) is 17.5. The summed E-state index contributed by atoms with van der Waals surface area (Å²) in [5.41, 5.74) is 0.965. The monoisotopic (exact) mass is 368 g/mol. The highest BCUT2D eigenvalue weighted by atomic mass is 35.5. The third-order valence-electron chi connectivity index (χ3n) is 3.02. The van der Waals surface area contributed by atoms with Gasteiger partial charge in [-0.2, -0.15) is 0 Å². The van der Waals surface area contributed by atoms with Crippen molar-refractivity contribution in [1.82, 2.24) is 15.3 Å². The van der Waals surface area contributed by atoms with Crippen molar-refractivity contribution in [3.8, 4) is 0 Å². The van der Waals surface area contributed by atoms with Gasteiger partial charge in [-0.05, 0) is 31.5 Å². The van der Waals surface area contributed by atoms with Crippen molar-refractivity contribution in [1.29, 1.82) is 0 Å². The van der Waals surface area contributed by atoms with Gasteiger partial charge in [-0.25, -0.2) is 9.97 Å². The summed E-state index contributed by atoms with van der Waals surface area (Å²) in [4.78, 5) is 20.6. The van der Waals surface area contributed by atoms with Crippen LogP contribution in [0.2, 0.25) is 10.0 Å². The Bertz CT molecular complexity index is 705. The number of hydrogen-bond donors (Lipinski definition) is 2. The number of nitrogens with one attached hydrogen (secondary N) is 2. The molecule has 2 N–H and O–H groups in total. The molecule has 0 bridgehead atoms. The summed E-state index contributed by atoms with van der Waals surface area (Å²) in [7, 11) is 1.62. The quantitative estimate of drug-likeness (QED) is 0.730. The first-order valence-corrected chi connectivity index (χ1v) is 8.09. The number of ether oxygens (including phenoxy) is 1. The zero-order valence-electron chi connectivity index (χ0n) is 13.4. The van der Waals surface area contributed by atoms with Crippen LogP contribution in [-0.4, -0.2) is 36.1 Å². The average molecular weight is 369 g/mol. The highest BCUT2D eigenvalue weighted by Gasteiger charge is 2.10. The van der Waals surface area contributed by atoms with Crippen LogP contribution in [0, 0.1) is 6.92 Å². The molecule has 0 aliphatic rings. The number of nitrogens with zero attached hydrogens (tertiary/aromatic N) is 2. The van der Waals surface area contributed by atoms with E-state index in [-0.39, 0.29) is 11.6 Å². The summed E-state index contributed by atoms with van der Waals surface area (Å²) < 4.78 is 4.94. The maximum atomic E-state index is 12.2. The molecule has 0 radical (unpaired) electrons. The molecule has 24 heavy (non-hydrogen) atoms. The number of amides is 1. The predicted molar refractivity (Wildman–Crippen MR) is 95.3 cm³/mol. The van der Waals surface area contributed by atoms with Gasteiger partial charge in [0.05, 0.1) is 0 Å². The highest BCUT2D eigenvalue weighted by molar-refractivity contribution is 6.35. The Morgan fingerprint density at radius 2 is 1.88 bits per heavy atom. The van der Waals surface area contributed by atoms with Crippen LogP contribution >= 0.6 is 23.2 Å². The lowest BCUT2D eigenvalue weighted by molar-refractivity contribution is 0.0943. The lowest BCUT2D eigenvalue weighted by atomic mass is 10.3. The van der Waals surface area contributed by atoms with E-state index in [0.29, 0.717) is 40.5 Å². The normalized spacial score (nSPS) is 10.5. The van der Waals surface area contributed by atoms with E-state index in [1.807, 2.05) is 0 Å². The summed E-state index contributed by atoms with van der Waals surface area (Å²) in [6, 6.07) is 6.65. The first-order chi connectivity index (χ1) is 11.5. The Kier molecular flexibility index (Phi) is 6.78. The lowest BCUT2D eigenvalue weighted by Crippen LogP contribution is -2.26. The van der Waals surface area contributed by atoms with Crippen LogP contribution in [-0.2, 0) is 4.74 Å². The molecule has 0 unspecified atom stereocenters. The van der Waals surface area contributed by atoms with E-state index < -0.39 is 0 Å². The highest BCUT2D eigenvalue weighted by Crippen LogP contribution is 2.24. The van der Waals surface area contributed by atoms with Crippen molar-refractivity contribution < 1.29 is 9.53 Å². The Morgan fingerprint density at radius 3 is 2.54 bits per heavy atom. The number of anilines is 2. The third-order valence-corrected chi connectivity index (χ3v) is 3.45. The molecule has 0 spiro atoms. The average Bonchev–Trinajstić information content (AvgIpc) is 2.49. The van der Waals surface area contributed by atoms with E-state index in [0.717, 1.165) is 6.42 Å². The summed E-state index contributed by atoms with van der Waals surface area (Å²) in [6.07, 6.45) is 0.735. The molecule has 0 atom stereocenters. The Labute approximate surface area is 150 Å². The fraction of sp³-hybridized carbons (Fsp3) is 0.312. The number of rotatable bonds is 7. The minimum absolute atomic E-state index is 0.260. The first-order valence-electron chi connectivity index (χ1n) is 7.34. The van der Waals surface area contributed by atoms with E-state index in [1.54, 1.807) is 38.3 Å². The van der Waals surface area contributed by atoms with E-state index in [9.17, 15) is 4.79 Å². The minimum atomic E-state index is -0.260. The SMILES string of the molecule is COCCCNC(=O)c1cc(Nc2cc(Cl)cc(Cl)c2)nc(C)n1. The minimum Gasteiger partial charge on any atom is -0.385 e. The lowest BCUT2D eigenvalue weighted by Gasteiger charge is -2.10. The molecule has 128 valence electrons. The molecule has 0 saturated carbocycles. The Morgan fingerprint density at radius 1 is 1.17 bits per heavy atom. The number of aromatic nitrogens is 2. The summed E-state index contributed by atoms with van der Waals surface area (Å²) in [5, 5.41) is 6.88. The van der Waals surface area contributed by atoms with Gasteiger partial charge in [-0.15, -0.1) is 0 Å². The summed E-state index contributed by atoms with van der Waals surface area (Å²) >= 11 is 12.0. The number of aryl methyl sites for hydroxylation is 1. The smallest absolute Gasteiger partial charge is 0.270 e. The molecule has 2 aromatic rings. The van der Waals surface area contributed by atoms with Crippen LogP contribution < -0.4 is 10.6 Å². The van der Waals surface area contributed by atoms with Crippen LogP contribution in [0.5, 0.6) is 0 Å². The molecular weight excluding hydrogens is 351 g/mol. The van der Waals surface area contributed by atoms with Crippen molar-refractivity contribution in [2.45, 2.75) is 13.3 Å². The molecule has 1 aromatic heterocycles.